The van der Waals surface area contributed by atoms with Gasteiger partial charge in [0.05, 0.1) is 37.3 Å². The van der Waals surface area contributed by atoms with Crippen molar-refractivity contribution < 1.29 is 18.7 Å². The number of aromatic nitrogens is 4. The van der Waals surface area contributed by atoms with E-state index >= 15 is 0 Å². The number of carbonyl (C=O) groups excluding carboxylic acids is 1. The quantitative estimate of drug-likeness (QED) is 0.270. The van der Waals surface area contributed by atoms with Gasteiger partial charge in [0.1, 0.15) is 18.0 Å². The van der Waals surface area contributed by atoms with Crippen LogP contribution in [0.1, 0.15) is 6.42 Å². The molecule has 4 heterocycles. The number of halogens is 1. The largest absolute Gasteiger partial charge is 0.493 e. The fraction of sp³-hybridized carbons (Fsp3) is 0.333. The van der Waals surface area contributed by atoms with Crippen molar-refractivity contribution in [2.75, 3.05) is 56.5 Å². The molecule has 208 valence electrons. The Hall–Kier alpha value is -4.49. The number of rotatable bonds is 11. The number of nitrogens with one attached hydrogen (secondary N) is 1. The third-order valence-corrected chi connectivity index (χ3v) is 6.86. The Morgan fingerprint density at radius 3 is 2.77 bits per heavy atom. The number of ether oxygens (including phenoxy) is 2. The summed E-state index contributed by atoms with van der Waals surface area (Å²) in [6.45, 7) is 5.60. The van der Waals surface area contributed by atoms with Gasteiger partial charge in [-0.3, -0.25) is 9.48 Å². The van der Waals surface area contributed by atoms with E-state index in [0.29, 0.717) is 46.8 Å². The van der Waals surface area contributed by atoms with Crippen molar-refractivity contribution in [2.45, 2.75) is 13.0 Å². The fourth-order valence-corrected chi connectivity index (χ4v) is 4.97. The van der Waals surface area contributed by atoms with E-state index in [1.165, 1.54) is 16.8 Å². The number of piperazine rings is 1. The maximum absolute atomic E-state index is 14.3. The molecule has 4 aromatic rings. The molecule has 3 N–H and O–H groups in total. The number of fused-ring (bicyclic) bond motifs is 4. The van der Waals surface area contributed by atoms with Crippen molar-refractivity contribution >= 4 is 40.0 Å². The van der Waals surface area contributed by atoms with Crippen LogP contribution in [0.2, 0.25) is 0 Å². The Labute approximate surface area is 230 Å². The number of hydrazine groups is 1. The first kappa shape index (κ1) is 25.8. The number of benzene rings is 2. The SMILES string of the molecule is COc1cc2c3nc(nc2cc1OCCCN1CCNCC1)N3N(c1cccc(F)c1)c1cnn(CC(N)=O)c1. The third-order valence-electron chi connectivity index (χ3n) is 6.86. The Kier molecular flexibility index (Phi) is 7.05. The summed E-state index contributed by atoms with van der Waals surface area (Å²) in [5.74, 6) is 1.29. The van der Waals surface area contributed by atoms with E-state index in [-0.39, 0.29) is 6.54 Å². The normalized spacial score (nSPS) is 14.7. The molecule has 2 aliphatic heterocycles. The lowest BCUT2D eigenvalue weighted by Crippen LogP contribution is -2.44. The number of amides is 1. The van der Waals surface area contributed by atoms with Crippen LogP contribution in [0, 0.1) is 5.82 Å². The second kappa shape index (κ2) is 10.9. The van der Waals surface area contributed by atoms with Gasteiger partial charge in [-0.15, -0.1) is 0 Å². The van der Waals surface area contributed by atoms with Crippen molar-refractivity contribution in [2.24, 2.45) is 5.73 Å². The highest BCUT2D eigenvalue weighted by Crippen LogP contribution is 2.46. The zero-order valence-corrected chi connectivity index (χ0v) is 22.1. The zero-order chi connectivity index (χ0) is 27.6. The van der Waals surface area contributed by atoms with Crippen LogP contribution >= 0.6 is 0 Å². The third kappa shape index (κ3) is 5.08. The average molecular weight is 548 g/mol. The lowest BCUT2D eigenvalue weighted by Gasteiger charge is -2.40. The molecule has 6 rings (SSSR count). The standard InChI is InChI=1S/C27H30FN9O3/c1-39-23-13-21-22(14-24(23)40-11-3-8-34-9-6-30-7-10-34)32-27-33-26(21)37(27)36(19-5-2-4-18(28)12-19)20-15-31-35(16-20)17-25(29)38/h2,4-5,12-16,30H,3,6-11,17H2,1H3,(H2,29,38). The van der Waals surface area contributed by atoms with Crippen LogP contribution in [-0.2, 0) is 11.3 Å². The average Bonchev–Trinajstić information content (AvgIpc) is 3.40. The molecule has 2 aromatic heterocycles. The molecule has 0 atom stereocenters. The number of methoxy groups -OCH3 is 1. The maximum Gasteiger partial charge on any atom is 0.253 e. The van der Waals surface area contributed by atoms with Crippen molar-refractivity contribution in [1.29, 1.82) is 0 Å². The molecule has 0 radical (unpaired) electrons. The minimum absolute atomic E-state index is 0.0864. The summed E-state index contributed by atoms with van der Waals surface area (Å²) in [6, 6.07) is 9.87. The Morgan fingerprint density at radius 1 is 1.15 bits per heavy atom. The van der Waals surface area contributed by atoms with Gasteiger partial charge in [-0.2, -0.15) is 15.1 Å². The summed E-state index contributed by atoms with van der Waals surface area (Å²) >= 11 is 0. The van der Waals surface area contributed by atoms with E-state index in [2.05, 4.69) is 20.3 Å². The number of hydrogen-bond acceptors (Lipinski definition) is 10. The summed E-state index contributed by atoms with van der Waals surface area (Å²) in [5, 5.41) is 11.9. The van der Waals surface area contributed by atoms with E-state index in [4.69, 9.17) is 20.2 Å². The molecule has 40 heavy (non-hydrogen) atoms. The molecular weight excluding hydrogens is 517 g/mol. The van der Waals surface area contributed by atoms with Gasteiger partial charge < -0.3 is 25.4 Å². The lowest BCUT2D eigenvalue weighted by atomic mass is 10.1. The Balaban J connectivity index is 1.27. The first-order valence-electron chi connectivity index (χ1n) is 13.1. The molecular formula is C27H30FN9O3. The van der Waals surface area contributed by atoms with Gasteiger partial charge in [0.2, 0.25) is 5.91 Å². The second-order valence-corrected chi connectivity index (χ2v) is 9.63. The van der Waals surface area contributed by atoms with Gasteiger partial charge in [-0.1, -0.05) is 6.07 Å². The molecule has 1 fully saturated rings. The first-order chi connectivity index (χ1) is 19.5. The van der Waals surface area contributed by atoms with Crippen molar-refractivity contribution in [3.63, 3.8) is 0 Å². The summed E-state index contributed by atoms with van der Waals surface area (Å²) in [4.78, 5) is 23.2. The fourth-order valence-electron chi connectivity index (χ4n) is 4.97. The Morgan fingerprint density at radius 2 is 2.00 bits per heavy atom. The van der Waals surface area contributed by atoms with E-state index in [0.717, 1.165) is 44.5 Å². The highest BCUT2D eigenvalue weighted by Gasteiger charge is 2.36. The second-order valence-electron chi connectivity index (χ2n) is 9.63. The minimum Gasteiger partial charge on any atom is -0.493 e. The van der Waals surface area contributed by atoms with Crippen LogP contribution in [0.5, 0.6) is 11.5 Å². The predicted octanol–water partition coefficient (Wildman–Crippen LogP) is 2.34. The van der Waals surface area contributed by atoms with Gasteiger partial charge in [-0.25, -0.2) is 14.4 Å². The zero-order valence-electron chi connectivity index (χ0n) is 22.1. The molecule has 2 aliphatic rings. The first-order valence-corrected chi connectivity index (χ1v) is 13.1. The maximum atomic E-state index is 14.3. The Bertz CT molecular complexity index is 1540. The highest BCUT2D eigenvalue weighted by atomic mass is 19.1. The molecule has 0 aliphatic carbocycles. The summed E-state index contributed by atoms with van der Waals surface area (Å²) < 4.78 is 27.5. The van der Waals surface area contributed by atoms with Crippen molar-refractivity contribution in [1.82, 2.24) is 30.0 Å². The number of carbonyl (C=O) groups is 1. The van der Waals surface area contributed by atoms with Crippen LogP contribution < -0.4 is 30.5 Å². The molecule has 0 unspecified atom stereocenters. The molecule has 12 nitrogen and oxygen atoms in total. The number of nitrogens with two attached hydrogens (primary N) is 1. The van der Waals surface area contributed by atoms with Gasteiger partial charge in [-0.05, 0) is 30.7 Å². The van der Waals surface area contributed by atoms with Crippen LogP contribution in [0.3, 0.4) is 0 Å². The summed E-state index contributed by atoms with van der Waals surface area (Å²) in [5.41, 5.74) is 7.15. The summed E-state index contributed by atoms with van der Waals surface area (Å²) in [7, 11) is 1.60. The highest BCUT2D eigenvalue weighted by molar-refractivity contribution is 6.00. The molecule has 1 amide bonds. The van der Waals surface area contributed by atoms with Crippen LogP contribution in [0.4, 0.5) is 27.5 Å². The molecule has 13 heteroatoms. The van der Waals surface area contributed by atoms with Crippen molar-refractivity contribution in [3.8, 4) is 11.5 Å². The van der Waals surface area contributed by atoms with E-state index in [1.54, 1.807) is 41.7 Å². The van der Waals surface area contributed by atoms with E-state index < -0.39 is 11.7 Å². The topological polar surface area (TPSA) is 127 Å². The molecule has 0 spiro atoms. The lowest BCUT2D eigenvalue weighted by molar-refractivity contribution is -0.118. The van der Waals surface area contributed by atoms with Gasteiger partial charge in [0.25, 0.3) is 5.95 Å². The minimum atomic E-state index is -0.524. The molecule has 2 bridgehead atoms. The summed E-state index contributed by atoms with van der Waals surface area (Å²) in [6.07, 6.45) is 4.13. The monoisotopic (exact) mass is 547 g/mol. The van der Waals surface area contributed by atoms with E-state index in [1.807, 2.05) is 12.1 Å². The number of hydrogen-bond donors (Lipinski definition) is 2. The van der Waals surface area contributed by atoms with Crippen molar-refractivity contribution in [3.05, 3.63) is 54.6 Å². The predicted molar refractivity (Wildman–Crippen MR) is 148 cm³/mol. The molecule has 2 aromatic carbocycles. The number of primary amides is 1. The van der Waals surface area contributed by atoms with Gasteiger partial charge >= 0.3 is 0 Å². The van der Waals surface area contributed by atoms with Crippen LogP contribution in [-0.4, -0.2) is 77.0 Å². The smallest absolute Gasteiger partial charge is 0.253 e. The van der Waals surface area contributed by atoms with Crippen LogP contribution in [0.25, 0.3) is 10.9 Å². The number of anilines is 4. The van der Waals surface area contributed by atoms with Crippen LogP contribution in [0.15, 0.2) is 48.8 Å². The number of nitrogens with zero attached hydrogens (tertiary/aromatic N) is 7. The molecule has 1 saturated heterocycles. The van der Waals surface area contributed by atoms with E-state index in [9.17, 15) is 9.18 Å². The molecule has 0 saturated carbocycles. The van der Waals surface area contributed by atoms with Gasteiger partial charge in [0.15, 0.2) is 17.3 Å². The van der Waals surface area contributed by atoms with Gasteiger partial charge in [0, 0.05) is 44.2 Å².